The van der Waals surface area contributed by atoms with Gasteiger partial charge in [-0.1, -0.05) is 6.07 Å². The van der Waals surface area contributed by atoms with Crippen LogP contribution in [0.2, 0.25) is 0 Å². The first-order valence-corrected chi connectivity index (χ1v) is 6.90. The molecule has 0 bridgehead atoms. The summed E-state index contributed by atoms with van der Waals surface area (Å²) in [6.07, 6.45) is 2.53. The minimum Gasteiger partial charge on any atom is -0.218 e. The maximum Gasteiger partial charge on any atom is 0.155 e. The Labute approximate surface area is 99.3 Å². The van der Waals surface area contributed by atoms with E-state index < -0.39 is 0 Å². The molecular formula is C12H15N3S. The number of pyridine rings is 1. The van der Waals surface area contributed by atoms with Gasteiger partial charge in [-0.05, 0) is 37.7 Å². The third-order valence-electron chi connectivity index (χ3n) is 3.09. The van der Waals surface area contributed by atoms with Crippen LogP contribution < -0.4 is 0 Å². The highest BCUT2D eigenvalue weighted by atomic mass is 32.2. The first kappa shape index (κ1) is 10.1. The van der Waals surface area contributed by atoms with E-state index in [2.05, 4.69) is 23.1 Å². The van der Waals surface area contributed by atoms with Crippen LogP contribution in [0, 0.1) is 6.92 Å². The number of hydrogen-bond acceptors (Lipinski definition) is 3. The minimum atomic E-state index is 0.554. The average Bonchev–Trinajstić information content (AvgIpc) is 2.76. The maximum atomic E-state index is 4.64. The Kier molecular flexibility index (Phi) is 2.59. The van der Waals surface area contributed by atoms with Gasteiger partial charge in [0.15, 0.2) is 11.5 Å². The normalized spacial score (nSPS) is 21.4. The van der Waals surface area contributed by atoms with Gasteiger partial charge < -0.3 is 0 Å². The number of aromatic nitrogens is 3. The molecule has 1 unspecified atom stereocenters. The van der Waals surface area contributed by atoms with Crippen molar-refractivity contribution in [3.63, 3.8) is 0 Å². The van der Waals surface area contributed by atoms with Gasteiger partial charge in [0.2, 0.25) is 0 Å². The predicted molar refractivity (Wildman–Crippen MR) is 67.0 cm³/mol. The number of aryl methyl sites for hydroxylation is 1. The quantitative estimate of drug-likeness (QED) is 0.758. The minimum absolute atomic E-state index is 0.554. The molecule has 4 heteroatoms. The number of hydrogen-bond donors (Lipinski definition) is 0. The third-order valence-corrected chi connectivity index (χ3v) is 4.31. The van der Waals surface area contributed by atoms with Crippen molar-refractivity contribution in [1.29, 1.82) is 0 Å². The van der Waals surface area contributed by atoms with Crippen LogP contribution in [0.1, 0.15) is 30.3 Å². The molecule has 0 amide bonds. The Bertz CT molecular complexity index is 500. The molecule has 1 fully saturated rings. The van der Waals surface area contributed by atoms with E-state index in [0.717, 1.165) is 17.2 Å². The molecule has 3 rings (SSSR count). The van der Waals surface area contributed by atoms with Crippen molar-refractivity contribution >= 4 is 17.4 Å². The number of thioether (sulfide) groups is 1. The van der Waals surface area contributed by atoms with Crippen LogP contribution in [0.5, 0.6) is 0 Å². The average molecular weight is 233 g/mol. The van der Waals surface area contributed by atoms with Crippen molar-refractivity contribution in [3.8, 4) is 0 Å². The fourth-order valence-corrected chi connectivity index (χ4v) is 3.31. The highest BCUT2D eigenvalue weighted by molar-refractivity contribution is 7.99. The zero-order valence-electron chi connectivity index (χ0n) is 9.39. The lowest BCUT2D eigenvalue weighted by Gasteiger charge is -2.17. The van der Waals surface area contributed by atoms with Crippen LogP contribution in [0.25, 0.3) is 5.65 Å². The van der Waals surface area contributed by atoms with E-state index in [-0.39, 0.29) is 0 Å². The van der Waals surface area contributed by atoms with Crippen molar-refractivity contribution in [1.82, 2.24) is 14.6 Å². The molecule has 3 nitrogen and oxygen atoms in total. The van der Waals surface area contributed by atoms with E-state index in [1.54, 1.807) is 0 Å². The second-order valence-electron chi connectivity index (χ2n) is 4.32. The Morgan fingerprint density at radius 1 is 1.44 bits per heavy atom. The smallest absolute Gasteiger partial charge is 0.155 e. The van der Waals surface area contributed by atoms with Crippen molar-refractivity contribution in [3.05, 3.63) is 29.7 Å². The topological polar surface area (TPSA) is 30.2 Å². The van der Waals surface area contributed by atoms with E-state index in [9.17, 15) is 0 Å². The molecule has 1 aliphatic heterocycles. The number of fused-ring (bicyclic) bond motifs is 1. The molecule has 0 radical (unpaired) electrons. The van der Waals surface area contributed by atoms with Crippen molar-refractivity contribution < 1.29 is 0 Å². The van der Waals surface area contributed by atoms with E-state index >= 15 is 0 Å². The standard InChI is InChI=1S/C12H15N3S/c1-9-4-2-6-11-13-12(14-15(9)11)10-5-3-7-16-8-10/h2,4,6,10H,3,5,7-8H2,1H3. The fourth-order valence-electron chi connectivity index (χ4n) is 2.17. The lowest BCUT2D eigenvalue weighted by atomic mass is 10.1. The maximum absolute atomic E-state index is 4.64. The molecule has 1 saturated heterocycles. The molecule has 0 N–H and O–H groups in total. The summed E-state index contributed by atoms with van der Waals surface area (Å²) in [7, 11) is 0. The zero-order valence-corrected chi connectivity index (χ0v) is 10.2. The summed E-state index contributed by atoms with van der Waals surface area (Å²) in [5, 5.41) is 4.63. The van der Waals surface area contributed by atoms with Gasteiger partial charge in [0, 0.05) is 17.4 Å². The lowest BCUT2D eigenvalue weighted by Crippen LogP contribution is -2.10. The molecule has 2 aromatic rings. The van der Waals surface area contributed by atoms with Gasteiger partial charge in [-0.2, -0.15) is 16.9 Å². The lowest BCUT2D eigenvalue weighted by molar-refractivity contribution is 0.621. The van der Waals surface area contributed by atoms with Crippen LogP contribution in [0.15, 0.2) is 18.2 Å². The molecule has 16 heavy (non-hydrogen) atoms. The van der Waals surface area contributed by atoms with Gasteiger partial charge in [-0.25, -0.2) is 9.50 Å². The summed E-state index contributed by atoms with van der Waals surface area (Å²) >= 11 is 2.02. The van der Waals surface area contributed by atoms with Gasteiger partial charge in [0.25, 0.3) is 0 Å². The van der Waals surface area contributed by atoms with Crippen LogP contribution in [0.4, 0.5) is 0 Å². The van der Waals surface area contributed by atoms with Crippen LogP contribution in [-0.4, -0.2) is 26.1 Å². The molecule has 1 aliphatic rings. The van der Waals surface area contributed by atoms with Gasteiger partial charge in [0.05, 0.1) is 0 Å². The SMILES string of the molecule is Cc1cccc2nc(C3CCCSC3)nn12. The van der Waals surface area contributed by atoms with Crippen molar-refractivity contribution in [2.75, 3.05) is 11.5 Å². The second-order valence-corrected chi connectivity index (χ2v) is 5.47. The Morgan fingerprint density at radius 2 is 2.38 bits per heavy atom. The summed E-state index contributed by atoms with van der Waals surface area (Å²) in [6, 6.07) is 6.14. The van der Waals surface area contributed by atoms with Gasteiger partial charge in [0.1, 0.15) is 0 Å². The van der Waals surface area contributed by atoms with Crippen LogP contribution in [-0.2, 0) is 0 Å². The summed E-state index contributed by atoms with van der Waals surface area (Å²) in [5.41, 5.74) is 2.13. The largest absolute Gasteiger partial charge is 0.218 e. The molecule has 1 atom stereocenters. The van der Waals surface area contributed by atoms with Crippen molar-refractivity contribution in [2.24, 2.45) is 0 Å². The molecule has 84 valence electrons. The monoisotopic (exact) mass is 233 g/mol. The zero-order chi connectivity index (χ0) is 11.0. The molecule has 0 spiro atoms. The fraction of sp³-hybridized carbons (Fsp3) is 0.500. The van der Waals surface area contributed by atoms with E-state index in [1.807, 2.05) is 28.4 Å². The van der Waals surface area contributed by atoms with Crippen molar-refractivity contribution in [2.45, 2.75) is 25.7 Å². The molecule has 2 aromatic heterocycles. The first-order valence-electron chi connectivity index (χ1n) is 5.74. The number of nitrogens with zero attached hydrogens (tertiary/aromatic N) is 3. The Hall–Kier alpha value is -1.03. The molecule has 3 heterocycles. The molecule has 0 aliphatic carbocycles. The van der Waals surface area contributed by atoms with E-state index in [4.69, 9.17) is 0 Å². The summed E-state index contributed by atoms with van der Waals surface area (Å²) in [6.45, 7) is 2.07. The summed E-state index contributed by atoms with van der Waals surface area (Å²) < 4.78 is 1.95. The van der Waals surface area contributed by atoms with Gasteiger partial charge in [-0.3, -0.25) is 0 Å². The number of rotatable bonds is 1. The van der Waals surface area contributed by atoms with E-state index in [1.165, 1.54) is 24.3 Å². The highest BCUT2D eigenvalue weighted by Crippen LogP contribution is 2.29. The van der Waals surface area contributed by atoms with Crippen LogP contribution in [0.3, 0.4) is 0 Å². The van der Waals surface area contributed by atoms with Gasteiger partial charge >= 0.3 is 0 Å². The molecule has 0 aromatic carbocycles. The summed E-state index contributed by atoms with van der Waals surface area (Å²) in [4.78, 5) is 4.64. The molecule has 0 saturated carbocycles. The first-order chi connectivity index (χ1) is 7.84. The van der Waals surface area contributed by atoms with Crippen LogP contribution >= 0.6 is 11.8 Å². The third kappa shape index (κ3) is 1.71. The Morgan fingerprint density at radius 3 is 3.12 bits per heavy atom. The predicted octanol–water partition coefficient (Wildman–Crippen LogP) is 2.65. The highest BCUT2D eigenvalue weighted by Gasteiger charge is 2.20. The van der Waals surface area contributed by atoms with E-state index in [0.29, 0.717) is 5.92 Å². The molecular weight excluding hydrogens is 218 g/mol. The second kappa shape index (κ2) is 4.09. The summed E-state index contributed by atoms with van der Waals surface area (Å²) in [5.74, 6) is 4.05. The van der Waals surface area contributed by atoms with Gasteiger partial charge in [-0.15, -0.1) is 0 Å². The Balaban J connectivity index is 2.01.